The summed E-state index contributed by atoms with van der Waals surface area (Å²) in [5, 5.41) is 3.24. The van der Waals surface area contributed by atoms with Crippen molar-refractivity contribution in [2.45, 2.75) is 32.9 Å². The van der Waals surface area contributed by atoms with Crippen molar-refractivity contribution in [2.24, 2.45) is 0 Å². The van der Waals surface area contributed by atoms with Crippen LogP contribution in [0, 0.1) is 6.92 Å². The monoisotopic (exact) mass is 266 g/mol. The number of aryl methyl sites for hydroxylation is 1. The van der Waals surface area contributed by atoms with E-state index in [-0.39, 0.29) is 18.1 Å². The molecule has 2 heterocycles. The number of piperazine rings is 1. The number of carbonyl (C=O) groups is 1. The molecule has 2 rings (SSSR count). The van der Waals surface area contributed by atoms with Crippen LogP contribution in [0.4, 0.5) is 0 Å². The van der Waals surface area contributed by atoms with E-state index in [2.05, 4.69) is 17.1 Å². The number of nitrogens with zero attached hydrogens (tertiary/aromatic N) is 1. The van der Waals surface area contributed by atoms with Gasteiger partial charge in [0.25, 0.3) is 0 Å². The zero-order chi connectivity index (χ0) is 13.8. The van der Waals surface area contributed by atoms with E-state index in [1.165, 1.54) is 0 Å². The van der Waals surface area contributed by atoms with Crippen molar-refractivity contribution in [3.8, 4) is 0 Å². The smallest absolute Gasteiger partial charge is 0.324 e. The van der Waals surface area contributed by atoms with Crippen LogP contribution >= 0.6 is 0 Å². The molecule has 0 saturated carbocycles. The summed E-state index contributed by atoms with van der Waals surface area (Å²) in [5.41, 5.74) is 0. The van der Waals surface area contributed by atoms with Gasteiger partial charge in [0.15, 0.2) is 0 Å². The molecule has 106 valence electrons. The molecular formula is C14H22N2O3. The lowest BCUT2D eigenvalue weighted by Gasteiger charge is -2.37. The molecule has 1 aromatic heterocycles. The van der Waals surface area contributed by atoms with Gasteiger partial charge in [-0.25, -0.2) is 0 Å². The molecule has 0 bridgehead atoms. The summed E-state index contributed by atoms with van der Waals surface area (Å²) < 4.78 is 10.8. The van der Waals surface area contributed by atoms with Crippen LogP contribution in [0.3, 0.4) is 0 Å². The molecule has 1 aromatic rings. The van der Waals surface area contributed by atoms with E-state index in [9.17, 15) is 4.79 Å². The van der Waals surface area contributed by atoms with Crippen molar-refractivity contribution in [3.63, 3.8) is 0 Å². The van der Waals surface area contributed by atoms with Crippen LogP contribution in [0.5, 0.6) is 0 Å². The molecule has 1 aliphatic rings. The van der Waals surface area contributed by atoms with Gasteiger partial charge < -0.3 is 14.5 Å². The number of esters is 1. The van der Waals surface area contributed by atoms with E-state index in [0.29, 0.717) is 13.2 Å². The molecule has 5 nitrogen and oxygen atoms in total. The van der Waals surface area contributed by atoms with Gasteiger partial charge >= 0.3 is 5.97 Å². The summed E-state index contributed by atoms with van der Waals surface area (Å²) in [6.45, 7) is 8.55. The van der Waals surface area contributed by atoms with Crippen molar-refractivity contribution < 1.29 is 13.9 Å². The maximum atomic E-state index is 12.0. The van der Waals surface area contributed by atoms with Gasteiger partial charge in [-0.1, -0.05) is 0 Å². The normalized spacial score (nSPS) is 22.2. The van der Waals surface area contributed by atoms with Crippen LogP contribution < -0.4 is 5.32 Å². The molecule has 0 radical (unpaired) electrons. The number of furan rings is 1. The first-order valence-corrected chi connectivity index (χ1v) is 6.83. The summed E-state index contributed by atoms with van der Waals surface area (Å²) in [6, 6.07) is 3.76. The van der Waals surface area contributed by atoms with Crippen LogP contribution in [-0.4, -0.2) is 43.2 Å². The molecule has 0 aliphatic carbocycles. The van der Waals surface area contributed by atoms with Crippen LogP contribution in [0.1, 0.15) is 31.4 Å². The second-order valence-electron chi connectivity index (χ2n) is 4.83. The second kappa shape index (κ2) is 6.21. The van der Waals surface area contributed by atoms with Crippen molar-refractivity contribution in [3.05, 3.63) is 23.7 Å². The van der Waals surface area contributed by atoms with Gasteiger partial charge in [-0.3, -0.25) is 9.69 Å². The van der Waals surface area contributed by atoms with E-state index in [0.717, 1.165) is 24.6 Å². The lowest BCUT2D eigenvalue weighted by molar-refractivity contribution is -0.151. The first kappa shape index (κ1) is 14.1. The van der Waals surface area contributed by atoms with Gasteiger partial charge in [0.2, 0.25) is 0 Å². The lowest BCUT2D eigenvalue weighted by atomic mass is 10.1. The summed E-state index contributed by atoms with van der Waals surface area (Å²) in [5.74, 6) is 1.63. The molecule has 0 amide bonds. The van der Waals surface area contributed by atoms with Gasteiger partial charge in [0, 0.05) is 19.6 Å². The third-order valence-electron chi connectivity index (χ3n) is 3.51. The Morgan fingerprint density at radius 3 is 3.05 bits per heavy atom. The Hall–Kier alpha value is -1.33. The quantitative estimate of drug-likeness (QED) is 0.837. The highest BCUT2D eigenvalue weighted by Gasteiger charge is 2.34. The molecule has 1 saturated heterocycles. The first-order valence-electron chi connectivity index (χ1n) is 6.83. The average Bonchev–Trinajstić information content (AvgIpc) is 2.85. The molecule has 0 spiro atoms. The fraction of sp³-hybridized carbons (Fsp3) is 0.643. The Morgan fingerprint density at radius 1 is 1.63 bits per heavy atom. The number of hydrogen-bond acceptors (Lipinski definition) is 5. The minimum atomic E-state index is -0.242. The molecular weight excluding hydrogens is 244 g/mol. The molecule has 0 aromatic carbocycles. The summed E-state index contributed by atoms with van der Waals surface area (Å²) in [6.07, 6.45) is 0. The third-order valence-corrected chi connectivity index (χ3v) is 3.51. The summed E-state index contributed by atoms with van der Waals surface area (Å²) in [4.78, 5) is 14.2. The molecule has 2 unspecified atom stereocenters. The zero-order valence-corrected chi connectivity index (χ0v) is 11.8. The molecule has 2 atom stereocenters. The predicted molar refractivity (Wildman–Crippen MR) is 71.9 cm³/mol. The van der Waals surface area contributed by atoms with Crippen molar-refractivity contribution in [1.82, 2.24) is 10.2 Å². The Balaban J connectivity index is 2.12. The molecule has 1 N–H and O–H groups in total. The first-order chi connectivity index (χ1) is 9.13. The largest absolute Gasteiger partial charge is 0.465 e. The SMILES string of the molecule is CCOC(=O)C1CNCCN1C(C)c1ccc(C)o1. The van der Waals surface area contributed by atoms with Crippen molar-refractivity contribution >= 4 is 5.97 Å². The van der Waals surface area contributed by atoms with Gasteiger partial charge in [0.05, 0.1) is 12.6 Å². The van der Waals surface area contributed by atoms with Gasteiger partial charge in [0.1, 0.15) is 17.6 Å². The Labute approximate surface area is 113 Å². The molecule has 5 heteroatoms. The van der Waals surface area contributed by atoms with Gasteiger partial charge in [-0.05, 0) is 32.9 Å². The molecule has 1 aliphatic heterocycles. The van der Waals surface area contributed by atoms with Crippen LogP contribution in [-0.2, 0) is 9.53 Å². The Bertz CT molecular complexity index is 430. The van der Waals surface area contributed by atoms with Crippen molar-refractivity contribution in [2.75, 3.05) is 26.2 Å². The minimum absolute atomic E-state index is 0.0743. The van der Waals surface area contributed by atoms with Crippen LogP contribution in [0.15, 0.2) is 16.5 Å². The van der Waals surface area contributed by atoms with Crippen molar-refractivity contribution in [1.29, 1.82) is 0 Å². The summed E-state index contributed by atoms with van der Waals surface area (Å²) in [7, 11) is 0. The maximum absolute atomic E-state index is 12.0. The van der Waals surface area contributed by atoms with Gasteiger partial charge in [-0.15, -0.1) is 0 Å². The predicted octanol–water partition coefficient (Wildman–Crippen LogP) is 1.49. The zero-order valence-electron chi connectivity index (χ0n) is 11.8. The molecule has 19 heavy (non-hydrogen) atoms. The standard InChI is InChI=1S/C14H22N2O3/c1-4-18-14(17)12-9-15-7-8-16(12)11(3)13-6-5-10(2)19-13/h5-6,11-12,15H,4,7-9H2,1-3H3. The van der Waals surface area contributed by atoms with E-state index in [4.69, 9.17) is 9.15 Å². The Morgan fingerprint density at radius 2 is 2.42 bits per heavy atom. The van der Waals surface area contributed by atoms with Crippen LogP contribution in [0.2, 0.25) is 0 Å². The number of hydrogen-bond donors (Lipinski definition) is 1. The topological polar surface area (TPSA) is 54.7 Å². The number of ether oxygens (including phenoxy) is 1. The summed E-state index contributed by atoms with van der Waals surface area (Å²) >= 11 is 0. The fourth-order valence-electron chi connectivity index (χ4n) is 2.48. The number of rotatable bonds is 4. The number of carbonyl (C=O) groups excluding carboxylic acids is 1. The highest BCUT2D eigenvalue weighted by molar-refractivity contribution is 5.76. The van der Waals surface area contributed by atoms with E-state index in [1.54, 1.807) is 0 Å². The minimum Gasteiger partial charge on any atom is -0.465 e. The van der Waals surface area contributed by atoms with Crippen LogP contribution in [0.25, 0.3) is 0 Å². The maximum Gasteiger partial charge on any atom is 0.324 e. The highest BCUT2D eigenvalue weighted by Crippen LogP contribution is 2.25. The van der Waals surface area contributed by atoms with E-state index < -0.39 is 0 Å². The Kier molecular flexibility index (Phi) is 4.61. The lowest BCUT2D eigenvalue weighted by Crippen LogP contribution is -2.55. The highest BCUT2D eigenvalue weighted by atomic mass is 16.5. The van der Waals surface area contributed by atoms with E-state index in [1.807, 2.05) is 26.0 Å². The number of nitrogens with one attached hydrogen (secondary N) is 1. The van der Waals surface area contributed by atoms with Gasteiger partial charge in [-0.2, -0.15) is 0 Å². The molecule has 1 fully saturated rings. The van der Waals surface area contributed by atoms with E-state index >= 15 is 0 Å². The third kappa shape index (κ3) is 3.16. The second-order valence-corrected chi connectivity index (χ2v) is 4.83. The fourth-order valence-corrected chi connectivity index (χ4v) is 2.48. The average molecular weight is 266 g/mol.